The first-order valence-electron chi connectivity index (χ1n) is 7.15. The van der Waals surface area contributed by atoms with E-state index >= 15 is 0 Å². The number of nitrogens with zero attached hydrogens (tertiary/aromatic N) is 1. The highest BCUT2D eigenvalue weighted by atomic mass is 16.4. The summed E-state index contributed by atoms with van der Waals surface area (Å²) in [5.41, 5.74) is 1.93. The summed E-state index contributed by atoms with van der Waals surface area (Å²) >= 11 is 0. The van der Waals surface area contributed by atoms with E-state index in [1.807, 2.05) is 60.7 Å². The minimum atomic E-state index is -0.947. The van der Waals surface area contributed by atoms with Crippen molar-refractivity contribution in [1.82, 2.24) is 5.32 Å². The molecule has 0 saturated carbocycles. The van der Waals surface area contributed by atoms with E-state index in [0.29, 0.717) is 12.8 Å². The summed E-state index contributed by atoms with van der Waals surface area (Å²) in [4.78, 5) is 11.4. The number of rotatable bonds is 7. The van der Waals surface area contributed by atoms with Gasteiger partial charge in [-0.3, -0.25) is 10.1 Å². The van der Waals surface area contributed by atoms with Crippen molar-refractivity contribution >= 4 is 5.97 Å². The molecule has 112 valence electrons. The van der Waals surface area contributed by atoms with Gasteiger partial charge in [-0.05, 0) is 17.5 Å². The van der Waals surface area contributed by atoms with Gasteiger partial charge in [-0.1, -0.05) is 60.7 Å². The fraction of sp³-hybridized carbons (Fsp3) is 0.222. The summed E-state index contributed by atoms with van der Waals surface area (Å²) in [7, 11) is 0. The van der Waals surface area contributed by atoms with E-state index in [1.165, 1.54) is 0 Å². The van der Waals surface area contributed by atoms with Gasteiger partial charge in [-0.2, -0.15) is 5.26 Å². The molecule has 0 spiro atoms. The molecule has 22 heavy (non-hydrogen) atoms. The normalized spacial score (nSPS) is 13.0. The van der Waals surface area contributed by atoms with Crippen molar-refractivity contribution in [2.45, 2.75) is 24.9 Å². The first-order chi connectivity index (χ1) is 10.7. The van der Waals surface area contributed by atoms with Crippen LogP contribution in [0.25, 0.3) is 0 Å². The largest absolute Gasteiger partial charge is 0.480 e. The smallest absolute Gasteiger partial charge is 0.321 e. The number of aliphatic carboxylic acids is 1. The Bertz CT molecular complexity index is 635. The number of hydrogen-bond donors (Lipinski definition) is 2. The van der Waals surface area contributed by atoms with Crippen molar-refractivity contribution in [3.63, 3.8) is 0 Å². The molecule has 0 unspecified atom stereocenters. The number of carboxylic acids is 1. The summed E-state index contributed by atoms with van der Waals surface area (Å²) < 4.78 is 0. The highest BCUT2D eigenvalue weighted by molar-refractivity contribution is 5.74. The van der Waals surface area contributed by atoms with Crippen molar-refractivity contribution in [3.8, 4) is 6.07 Å². The SMILES string of the molecule is N#C[C@H](Cc1ccccc1)N[C@@H](Cc1ccccc1)C(=O)O. The van der Waals surface area contributed by atoms with Gasteiger partial charge in [-0.15, -0.1) is 0 Å². The van der Waals surface area contributed by atoms with E-state index in [4.69, 9.17) is 0 Å². The van der Waals surface area contributed by atoms with Gasteiger partial charge in [-0.25, -0.2) is 0 Å². The average molecular weight is 294 g/mol. The molecule has 2 aromatic carbocycles. The van der Waals surface area contributed by atoms with Crippen LogP contribution in [0.15, 0.2) is 60.7 Å². The van der Waals surface area contributed by atoms with Crippen molar-refractivity contribution in [3.05, 3.63) is 71.8 Å². The molecule has 0 aliphatic rings. The van der Waals surface area contributed by atoms with Crippen LogP contribution in [0.4, 0.5) is 0 Å². The van der Waals surface area contributed by atoms with Crippen LogP contribution >= 0.6 is 0 Å². The topological polar surface area (TPSA) is 73.1 Å². The molecular weight excluding hydrogens is 276 g/mol. The van der Waals surface area contributed by atoms with Crippen molar-refractivity contribution < 1.29 is 9.90 Å². The molecule has 0 fully saturated rings. The molecule has 0 aromatic heterocycles. The van der Waals surface area contributed by atoms with Gasteiger partial charge in [0.1, 0.15) is 6.04 Å². The van der Waals surface area contributed by atoms with Gasteiger partial charge in [0.15, 0.2) is 0 Å². The molecule has 0 amide bonds. The fourth-order valence-electron chi connectivity index (χ4n) is 2.30. The summed E-state index contributed by atoms with van der Waals surface area (Å²) in [6.45, 7) is 0. The Morgan fingerprint density at radius 3 is 1.95 bits per heavy atom. The van der Waals surface area contributed by atoms with E-state index in [-0.39, 0.29) is 0 Å². The van der Waals surface area contributed by atoms with Gasteiger partial charge in [0.05, 0.1) is 12.1 Å². The predicted octanol–water partition coefficient (Wildman–Crippen LogP) is 2.41. The molecule has 2 N–H and O–H groups in total. The second-order valence-electron chi connectivity index (χ2n) is 5.12. The molecule has 4 heteroatoms. The molecule has 0 heterocycles. The number of carbonyl (C=O) groups is 1. The predicted molar refractivity (Wildman–Crippen MR) is 84.3 cm³/mol. The molecule has 0 aliphatic carbocycles. The number of benzene rings is 2. The van der Waals surface area contributed by atoms with Crippen LogP contribution in [0.5, 0.6) is 0 Å². The standard InChI is InChI=1S/C18H18N2O2/c19-13-16(11-14-7-3-1-4-8-14)20-17(18(21)22)12-15-9-5-2-6-10-15/h1-10,16-17,20H,11-12H2,(H,21,22)/t16-,17-/m0/s1. The molecule has 0 radical (unpaired) electrons. The Balaban J connectivity index is 2.02. The Hall–Kier alpha value is -2.64. The van der Waals surface area contributed by atoms with Crippen molar-refractivity contribution in [2.24, 2.45) is 0 Å². The van der Waals surface area contributed by atoms with E-state index < -0.39 is 18.1 Å². The molecule has 4 nitrogen and oxygen atoms in total. The molecule has 2 aromatic rings. The third-order valence-corrected chi connectivity index (χ3v) is 3.42. The van der Waals surface area contributed by atoms with Crippen LogP contribution in [0, 0.1) is 11.3 Å². The van der Waals surface area contributed by atoms with Crippen LogP contribution in [0.2, 0.25) is 0 Å². The van der Waals surface area contributed by atoms with Gasteiger partial charge in [0, 0.05) is 6.42 Å². The summed E-state index contributed by atoms with van der Waals surface area (Å²) in [5.74, 6) is -0.947. The lowest BCUT2D eigenvalue weighted by Crippen LogP contribution is -2.45. The molecule has 0 aliphatic heterocycles. The lowest BCUT2D eigenvalue weighted by atomic mass is 10.0. The van der Waals surface area contributed by atoms with Crippen LogP contribution in [0.3, 0.4) is 0 Å². The number of nitrogens with one attached hydrogen (secondary N) is 1. The molecule has 2 rings (SSSR count). The molecule has 0 bridgehead atoms. The lowest BCUT2D eigenvalue weighted by Gasteiger charge is -2.18. The molecular formula is C18H18N2O2. The third kappa shape index (κ3) is 4.72. The maximum atomic E-state index is 11.4. The summed E-state index contributed by atoms with van der Waals surface area (Å²) in [6.07, 6.45) is 0.832. The number of nitriles is 1. The van der Waals surface area contributed by atoms with Gasteiger partial charge >= 0.3 is 5.97 Å². The van der Waals surface area contributed by atoms with Gasteiger partial charge < -0.3 is 5.11 Å². The minimum absolute atomic E-state index is 0.350. The van der Waals surface area contributed by atoms with Crippen LogP contribution in [-0.4, -0.2) is 23.2 Å². The van der Waals surface area contributed by atoms with E-state index in [1.54, 1.807) is 0 Å². The maximum Gasteiger partial charge on any atom is 0.321 e. The Labute approximate surface area is 130 Å². The highest BCUT2D eigenvalue weighted by Crippen LogP contribution is 2.07. The fourth-order valence-corrected chi connectivity index (χ4v) is 2.30. The zero-order chi connectivity index (χ0) is 15.8. The van der Waals surface area contributed by atoms with Gasteiger partial charge in [0.2, 0.25) is 0 Å². The number of hydrogen-bond acceptors (Lipinski definition) is 3. The molecule has 0 saturated heterocycles. The lowest BCUT2D eigenvalue weighted by molar-refractivity contribution is -0.139. The van der Waals surface area contributed by atoms with Crippen LogP contribution < -0.4 is 5.32 Å². The monoisotopic (exact) mass is 294 g/mol. The van der Waals surface area contributed by atoms with E-state index in [2.05, 4.69) is 11.4 Å². The Morgan fingerprint density at radius 2 is 1.50 bits per heavy atom. The van der Waals surface area contributed by atoms with E-state index in [0.717, 1.165) is 11.1 Å². The first-order valence-corrected chi connectivity index (χ1v) is 7.15. The average Bonchev–Trinajstić information content (AvgIpc) is 2.55. The van der Waals surface area contributed by atoms with Gasteiger partial charge in [0.25, 0.3) is 0 Å². The van der Waals surface area contributed by atoms with Crippen LogP contribution in [0.1, 0.15) is 11.1 Å². The van der Waals surface area contributed by atoms with Crippen LogP contribution in [-0.2, 0) is 17.6 Å². The zero-order valence-corrected chi connectivity index (χ0v) is 12.1. The minimum Gasteiger partial charge on any atom is -0.480 e. The quantitative estimate of drug-likeness (QED) is 0.822. The maximum absolute atomic E-state index is 11.4. The zero-order valence-electron chi connectivity index (χ0n) is 12.1. The van der Waals surface area contributed by atoms with Crippen molar-refractivity contribution in [2.75, 3.05) is 0 Å². The summed E-state index contributed by atoms with van der Waals surface area (Å²) in [6, 6.07) is 19.8. The second-order valence-corrected chi connectivity index (χ2v) is 5.12. The Kier molecular flexibility index (Phi) is 5.70. The Morgan fingerprint density at radius 1 is 1.00 bits per heavy atom. The van der Waals surface area contributed by atoms with Crippen molar-refractivity contribution in [1.29, 1.82) is 5.26 Å². The first kappa shape index (κ1) is 15.7. The second kappa shape index (κ2) is 7.96. The summed E-state index contributed by atoms with van der Waals surface area (Å²) in [5, 5.41) is 21.6. The number of carboxylic acid groups (broad SMARTS) is 1. The third-order valence-electron chi connectivity index (χ3n) is 3.42. The molecule has 2 atom stereocenters. The highest BCUT2D eigenvalue weighted by Gasteiger charge is 2.22. The van der Waals surface area contributed by atoms with E-state index in [9.17, 15) is 15.2 Å².